The van der Waals surface area contributed by atoms with Crippen LogP contribution in [-0.2, 0) is 0 Å². The molecule has 0 amide bonds. The fourth-order valence-electron chi connectivity index (χ4n) is 7.32. The Balaban J connectivity index is 1.43. The molecule has 0 radical (unpaired) electrons. The highest BCUT2D eigenvalue weighted by Crippen LogP contribution is 2.40. The van der Waals surface area contributed by atoms with Gasteiger partial charge in [0.1, 0.15) is 11.6 Å². The van der Waals surface area contributed by atoms with Crippen molar-refractivity contribution in [3.8, 4) is 28.5 Å². The number of para-hydroxylation sites is 7. The minimum absolute atomic E-state index is 0.0442. The first kappa shape index (κ1) is 16.0. The molecule has 0 saturated carbocycles. The summed E-state index contributed by atoms with van der Waals surface area (Å²) in [6.07, 6.45) is 0. The molecule has 0 spiro atoms. The molecule has 0 atom stereocenters. The number of aryl methyl sites for hydroxylation is 1. The molecular weight excluding hydrogens is 633 g/mol. The molecule has 0 aliphatic carbocycles. The van der Waals surface area contributed by atoms with Gasteiger partial charge in [-0.15, -0.1) is 0 Å². The first-order valence-electron chi connectivity index (χ1n) is 25.8. The molecule has 4 heterocycles. The van der Waals surface area contributed by atoms with Crippen LogP contribution in [0.1, 0.15) is 31.6 Å². The quantitative estimate of drug-likeness (QED) is 0.181. The maximum atomic E-state index is 9.69. The first-order valence-corrected chi connectivity index (χ1v) is 16.3. The molecule has 0 bridgehead atoms. The molecule has 4 heteroatoms. The number of fused-ring (bicyclic) bond motifs is 9. The van der Waals surface area contributed by atoms with Gasteiger partial charge in [0.05, 0.1) is 64.8 Å². The normalized spacial score (nSPS) is 17.1. The summed E-state index contributed by atoms with van der Waals surface area (Å²) in [6, 6.07) is 5.42. The Kier molecular flexibility index (Phi) is 3.39. The molecule has 4 nitrogen and oxygen atoms in total. The van der Waals surface area contributed by atoms with Crippen molar-refractivity contribution in [2.75, 3.05) is 0 Å². The van der Waals surface area contributed by atoms with Crippen LogP contribution in [0.15, 0.2) is 175 Å². The van der Waals surface area contributed by atoms with Gasteiger partial charge in [0, 0.05) is 37.9 Å². The predicted octanol–water partition coefficient (Wildman–Crippen LogP) is 12.3. The number of hydrogen-bond donors (Lipinski definition) is 0. The first-order chi connectivity index (χ1) is 33.6. The molecule has 244 valence electrons. The van der Waals surface area contributed by atoms with Crippen LogP contribution in [0.3, 0.4) is 0 Å². The molecule has 4 aromatic heterocycles. The van der Waals surface area contributed by atoms with Gasteiger partial charge in [-0.3, -0.25) is 9.13 Å². The van der Waals surface area contributed by atoms with Crippen molar-refractivity contribution in [3.63, 3.8) is 0 Å². The smallest absolute Gasteiger partial charge is 0.140 e. The van der Waals surface area contributed by atoms with Crippen molar-refractivity contribution in [1.29, 1.82) is 0 Å². The zero-order valence-corrected chi connectivity index (χ0v) is 27.1. The summed E-state index contributed by atoms with van der Waals surface area (Å²) < 4.78 is 176. The van der Waals surface area contributed by atoms with Crippen molar-refractivity contribution in [1.82, 2.24) is 18.7 Å². The second kappa shape index (κ2) is 11.0. The summed E-state index contributed by atoms with van der Waals surface area (Å²) in [5, 5.41) is 0.573. The van der Waals surface area contributed by atoms with Crippen molar-refractivity contribution < 1.29 is 26.0 Å². The van der Waals surface area contributed by atoms with Crippen molar-refractivity contribution >= 4 is 65.4 Å². The Morgan fingerprint density at radius 1 is 0.442 bits per heavy atom. The number of benzene rings is 7. The molecule has 11 rings (SSSR count). The largest absolute Gasteiger partial charge is 0.309 e. The zero-order chi connectivity index (χ0) is 50.9. The van der Waals surface area contributed by atoms with Crippen LogP contribution in [0.2, 0.25) is 0 Å². The third kappa shape index (κ3) is 4.06. The van der Waals surface area contributed by atoms with E-state index in [1.165, 1.54) is 23.6 Å². The van der Waals surface area contributed by atoms with E-state index in [0.717, 1.165) is 15.3 Å². The van der Waals surface area contributed by atoms with Crippen LogP contribution in [0.5, 0.6) is 0 Å². The number of nitrogens with zero attached hydrogens (tertiary/aromatic N) is 4. The molecule has 0 aliphatic heterocycles. The predicted molar refractivity (Wildman–Crippen MR) is 217 cm³/mol. The summed E-state index contributed by atoms with van der Waals surface area (Å²) >= 11 is 0. The van der Waals surface area contributed by atoms with E-state index >= 15 is 0 Å². The maximum absolute atomic E-state index is 9.69. The van der Waals surface area contributed by atoms with E-state index in [9.17, 15) is 6.85 Å². The van der Waals surface area contributed by atoms with Gasteiger partial charge in [-0.05, 0) is 66.5 Å². The summed E-state index contributed by atoms with van der Waals surface area (Å²) in [5.41, 5.74) is -0.0896. The molecule has 0 N–H and O–H groups in total. The summed E-state index contributed by atoms with van der Waals surface area (Å²) in [4.78, 5) is 5.02. The minimum Gasteiger partial charge on any atom is -0.309 e. The fourth-order valence-corrected chi connectivity index (χ4v) is 7.32. The Labute approximate surface area is 326 Å². The third-order valence-electron chi connectivity index (χ3n) is 9.44. The van der Waals surface area contributed by atoms with Crippen LogP contribution in [0.25, 0.3) is 93.9 Å². The molecule has 11 aromatic rings. The van der Waals surface area contributed by atoms with Gasteiger partial charge in [-0.25, -0.2) is 4.98 Å². The highest BCUT2D eigenvalue weighted by molar-refractivity contribution is 6.12. The van der Waals surface area contributed by atoms with Gasteiger partial charge in [0.2, 0.25) is 0 Å². The maximum Gasteiger partial charge on any atom is 0.140 e. The van der Waals surface area contributed by atoms with Crippen LogP contribution in [0.4, 0.5) is 0 Å². The van der Waals surface area contributed by atoms with Crippen LogP contribution < -0.4 is 0 Å². The van der Waals surface area contributed by atoms with Gasteiger partial charge >= 0.3 is 0 Å². The monoisotopic (exact) mass is 683 g/mol. The second-order valence-electron chi connectivity index (χ2n) is 12.2. The highest BCUT2D eigenvalue weighted by Gasteiger charge is 2.21. The number of pyridine rings is 1. The minimum atomic E-state index is -0.727. The standard InChI is InChI=1S/C48H32N4/c1-31-15-14-22-39-38-21-7-13-28-45(38)52(48(31)39)47-30-32(29-46(49-47)51-43-26-11-5-19-36(43)37-20-6-12-27-44(37)51)33-16-2-8-23-40(33)50-41-24-9-3-17-34(41)35-18-4-10-25-42(35)50/h2-30H,1H3/i2D,5D,6D,7D,8D,11D,12D,13D,14D,15D,16D,19D,20D,21D,22D,23D,26D,27D,28D. The lowest BCUT2D eigenvalue weighted by molar-refractivity contribution is 1.01. The summed E-state index contributed by atoms with van der Waals surface area (Å²) in [5.74, 6) is -0.615. The van der Waals surface area contributed by atoms with E-state index in [-0.39, 0.29) is 77.6 Å². The van der Waals surface area contributed by atoms with Gasteiger partial charge in [0.15, 0.2) is 0 Å². The molecule has 0 unspecified atom stereocenters. The SMILES string of the molecule is [2H]c1c([2H])c([2H])c(-n2c3ccccc3c3ccccc32)c(-c2cc(-n3c4c([2H])c([2H])c([2H])c([2H])c4c4c([2H])c([2H])c([2H])c([2H])c43)nc(-n3c4c([2H])c([2H])c([2H])c([2H])c4c4c([2H])c([2H])c([2H])c(C)c43)c2)c1[2H]. The van der Waals surface area contributed by atoms with Crippen LogP contribution in [0, 0.1) is 6.92 Å². The molecule has 0 fully saturated rings. The number of aromatic nitrogens is 4. The fraction of sp³-hybridized carbons (Fsp3) is 0.0208. The highest BCUT2D eigenvalue weighted by atomic mass is 15.1. The van der Waals surface area contributed by atoms with Crippen LogP contribution in [-0.4, -0.2) is 18.7 Å². The Hall–Kier alpha value is -6.91. The molecule has 52 heavy (non-hydrogen) atoms. The molecule has 7 aromatic carbocycles. The van der Waals surface area contributed by atoms with E-state index in [1.54, 1.807) is 28.8 Å². The van der Waals surface area contributed by atoms with Gasteiger partial charge < -0.3 is 4.57 Å². The Morgan fingerprint density at radius 2 is 0.942 bits per heavy atom. The average molecular weight is 684 g/mol. The lowest BCUT2D eigenvalue weighted by Gasteiger charge is -2.18. The lowest BCUT2D eigenvalue weighted by Crippen LogP contribution is -2.05. The number of hydrogen-bond acceptors (Lipinski definition) is 1. The van der Waals surface area contributed by atoms with Gasteiger partial charge in [0.25, 0.3) is 0 Å². The topological polar surface area (TPSA) is 27.7 Å². The Morgan fingerprint density at radius 3 is 1.60 bits per heavy atom. The van der Waals surface area contributed by atoms with Crippen molar-refractivity contribution in [2.45, 2.75) is 6.92 Å². The third-order valence-corrected chi connectivity index (χ3v) is 9.44. The lowest BCUT2D eigenvalue weighted by atomic mass is 10.0. The van der Waals surface area contributed by atoms with E-state index < -0.39 is 115 Å². The van der Waals surface area contributed by atoms with Crippen molar-refractivity contribution in [2.24, 2.45) is 0 Å². The molecule has 0 aliphatic rings. The van der Waals surface area contributed by atoms with E-state index in [1.807, 2.05) is 24.3 Å². The summed E-state index contributed by atoms with van der Waals surface area (Å²) in [6.45, 7) is 1.46. The van der Waals surface area contributed by atoms with Crippen molar-refractivity contribution in [3.05, 3.63) is 181 Å². The zero-order valence-electron chi connectivity index (χ0n) is 46.1. The van der Waals surface area contributed by atoms with E-state index in [2.05, 4.69) is 0 Å². The average Bonchev–Trinajstić information content (AvgIpc) is 4.04. The summed E-state index contributed by atoms with van der Waals surface area (Å²) in [7, 11) is 0. The molecule has 0 saturated heterocycles. The van der Waals surface area contributed by atoms with Crippen LogP contribution >= 0.6 is 0 Å². The van der Waals surface area contributed by atoms with Gasteiger partial charge in [-0.1, -0.05) is 127 Å². The van der Waals surface area contributed by atoms with E-state index in [0.29, 0.717) is 11.0 Å². The second-order valence-corrected chi connectivity index (χ2v) is 12.2. The number of rotatable bonds is 4. The molecular formula is C48H32N4. The Bertz CT molecular complexity index is 3920. The van der Waals surface area contributed by atoms with E-state index in [4.69, 9.17) is 24.2 Å². The van der Waals surface area contributed by atoms with Gasteiger partial charge in [-0.2, -0.15) is 0 Å².